The van der Waals surface area contributed by atoms with Gasteiger partial charge >= 0.3 is 0 Å². The second-order valence-electron chi connectivity index (χ2n) is 4.75. The van der Waals surface area contributed by atoms with Crippen LogP contribution in [0.25, 0.3) is 0 Å². The first-order valence-corrected chi connectivity index (χ1v) is 6.25. The van der Waals surface area contributed by atoms with Crippen molar-refractivity contribution in [3.8, 4) is 0 Å². The Balaban J connectivity index is 1.68. The summed E-state index contributed by atoms with van der Waals surface area (Å²) in [5.74, 6) is 1.13. The molecule has 3 rings (SSSR count). The lowest BCUT2D eigenvalue weighted by molar-refractivity contribution is 0.141. The van der Waals surface area contributed by atoms with E-state index in [1.165, 1.54) is 25.8 Å². The standard InChI is InChI=1S/C11H19N5/c1-2-10(3-5-12-4-1)15-6-7-16-9-13-14-11(16)8-15/h9-10,12H,1-8H2. The minimum absolute atomic E-state index is 0.737. The molecule has 0 aliphatic carbocycles. The van der Waals surface area contributed by atoms with Crippen LogP contribution in [0.5, 0.6) is 0 Å². The van der Waals surface area contributed by atoms with E-state index in [9.17, 15) is 0 Å². The second-order valence-corrected chi connectivity index (χ2v) is 4.75. The molecule has 0 spiro atoms. The molecule has 88 valence electrons. The molecule has 0 amide bonds. The van der Waals surface area contributed by atoms with Crippen molar-refractivity contribution in [1.29, 1.82) is 0 Å². The molecular formula is C11H19N5. The lowest BCUT2D eigenvalue weighted by Gasteiger charge is -2.33. The third-order valence-corrected chi connectivity index (χ3v) is 3.73. The normalized spacial score (nSPS) is 27.4. The highest BCUT2D eigenvalue weighted by atomic mass is 15.3. The van der Waals surface area contributed by atoms with Gasteiger partial charge in [-0.25, -0.2) is 0 Å². The third-order valence-electron chi connectivity index (χ3n) is 3.73. The van der Waals surface area contributed by atoms with Crippen molar-refractivity contribution in [3.63, 3.8) is 0 Å². The third kappa shape index (κ3) is 1.97. The Bertz CT molecular complexity index is 340. The number of fused-ring (bicyclic) bond motifs is 1. The van der Waals surface area contributed by atoms with Gasteiger partial charge in [-0.15, -0.1) is 10.2 Å². The molecule has 0 radical (unpaired) electrons. The maximum absolute atomic E-state index is 4.18. The van der Waals surface area contributed by atoms with Gasteiger partial charge in [0.25, 0.3) is 0 Å². The molecule has 0 saturated carbocycles. The molecule has 2 aliphatic rings. The Morgan fingerprint density at radius 3 is 3.25 bits per heavy atom. The van der Waals surface area contributed by atoms with Gasteiger partial charge in [-0.1, -0.05) is 0 Å². The van der Waals surface area contributed by atoms with Gasteiger partial charge in [-0.2, -0.15) is 0 Å². The van der Waals surface area contributed by atoms with Crippen LogP contribution in [0.15, 0.2) is 6.33 Å². The number of hydrogen-bond donors (Lipinski definition) is 1. The van der Waals surface area contributed by atoms with E-state index in [0.29, 0.717) is 0 Å². The first kappa shape index (κ1) is 10.2. The number of hydrogen-bond acceptors (Lipinski definition) is 4. The van der Waals surface area contributed by atoms with Crippen LogP contribution < -0.4 is 5.32 Å². The lowest BCUT2D eigenvalue weighted by atomic mass is 10.1. The molecule has 5 heteroatoms. The van der Waals surface area contributed by atoms with Gasteiger partial charge in [0.2, 0.25) is 0 Å². The molecule has 1 saturated heterocycles. The van der Waals surface area contributed by atoms with Crippen LogP contribution in [0.1, 0.15) is 25.1 Å². The average molecular weight is 221 g/mol. The summed E-state index contributed by atoms with van der Waals surface area (Å²) in [4.78, 5) is 2.58. The highest BCUT2D eigenvalue weighted by Gasteiger charge is 2.24. The predicted octanol–water partition coefficient (Wildman–Crippen LogP) is 0.236. The summed E-state index contributed by atoms with van der Waals surface area (Å²) in [6, 6.07) is 0.737. The maximum atomic E-state index is 4.18. The molecule has 0 bridgehead atoms. The topological polar surface area (TPSA) is 46.0 Å². The molecule has 16 heavy (non-hydrogen) atoms. The fourth-order valence-corrected chi connectivity index (χ4v) is 2.76. The van der Waals surface area contributed by atoms with Crippen molar-refractivity contribution in [2.24, 2.45) is 0 Å². The summed E-state index contributed by atoms with van der Waals surface area (Å²) >= 11 is 0. The van der Waals surface area contributed by atoms with Gasteiger partial charge in [0.1, 0.15) is 12.2 Å². The summed E-state index contributed by atoms with van der Waals surface area (Å²) in [7, 11) is 0. The monoisotopic (exact) mass is 221 g/mol. The van der Waals surface area contributed by atoms with Crippen molar-refractivity contribution < 1.29 is 0 Å². The molecule has 1 aromatic heterocycles. The largest absolute Gasteiger partial charge is 0.317 e. The van der Waals surface area contributed by atoms with Crippen LogP contribution in [0.2, 0.25) is 0 Å². The van der Waals surface area contributed by atoms with Gasteiger partial charge in [0.05, 0.1) is 6.54 Å². The van der Waals surface area contributed by atoms with Crippen LogP contribution in [0.3, 0.4) is 0 Å². The van der Waals surface area contributed by atoms with Crippen LogP contribution in [-0.4, -0.2) is 45.3 Å². The number of rotatable bonds is 1. The predicted molar refractivity (Wildman–Crippen MR) is 60.9 cm³/mol. The second kappa shape index (κ2) is 4.51. The fourth-order valence-electron chi connectivity index (χ4n) is 2.76. The Labute approximate surface area is 95.8 Å². The van der Waals surface area contributed by atoms with Gasteiger partial charge in [0, 0.05) is 19.1 Å². The first-order valence-electron chi connectivity index (χ1n) is 6.25. The number of nitrogens with zero attached hydrogens (tertiary/aromatic N) is 4. The number of aromatic nitrogens is 3. The SMILES string of the molecule is c1nnc2n1CCN(C1CCCNCC1)C2. The molecule has 5 nitrogen and oxygen atoms in total. The van der Waals surface area contributed by atoms with Crippen molar-refractivity contribution >= 4 is 0 Å². The average Bonchev–Trinajstić information content (AvgIpc) is 2.61. The minimum atomic E-state index is 0.737. The van der Waals surface area contributed by atoms with Crippen LogP contribution >= 0.6 is 0 Å². The van der Waals surface area contributed by atoms with E-state index in [-0.39, 0.29) is 0 Å². The Morgan fingerprint density at radius 1 is 1.25 bits per heavy atom. The molecule has 1 aromatic rings. The molecule has 1 unspecified atom stereocenters. The van der Waals surface area contributed by atoms with Crippen molar-refractivity contribution in [2.75, 3.05) is 19.6 Å². The summed E-state index contributed by atoms with van der Waals surface area (Å²) in [5, 5.41) is 11.6. The highest BCUT2D eigenvalue weighted by Crippen LogP contribution is 2.18. The molecule has 1 fully saturated rings. The summed E-state index contributed by atoms with van der Waals surface area (Å²) in [6.45, 7) is 5.51. The molecule has 1 atom stereocenters. The van der Waals surface area contributed by atoms with Gasteiger partial charge < -0.3 is 9.88 Å². The van der Waals surface area contributed by atoms with Crippen LogP contribution in [0.4, 0.5) is 0 Å². The van der Waals surface area contributed by atoms with E-state index in [1.54, 1.807) is 0 Å². The van der Waals surface area contributed by atoms with Crippen molar-refractivity contribution in [2.45, 2.75) is 38.4 Å². The summed E-state index contributed by atoms with van der Waals surface area (Å²) < 4.78 is 2.17. The molecule has 3 heterocycles. The van der Waals surface area contributed by atoms with Gasteiger partial charge in [-0.05, 0) is 32.4 Å². The van der Waals surface area contributed by atoms with E-state index in [0.717, 1.165) is 38.0 Å². The smallest absolute Gasteiger partial charge is 0.147 e. The molecule has 0 aromatic carbocycles. The first-order chi connectivity index (χ1) is 7.93. The fraction of sp³-hybridized carbons (Fsp3) is 0.818. The summed E-state index contributed by atoms with van der Waals surface area (Å²) in [6.07, 6.45) is 5.74. The zero-order valence-corrected chi connectivity index (χ0v) is 9.60. The highest BCUT2D eigenvalue weighted by molar-refractivity contribution is 4.92. The molecule has 2 aliphatic heterocycles. The Kier molecular flexibility index (Phi) is 2.88. The van der Waals surface area contributed by atoms with E-state index in [4.69, 9.17) is 0 Å². The zero-order valence-electron chi connectivity index (χ0n) is 9.60. The maximum Gasteiger partial charge on any atom is 0.147 e. The van der Waals surface area contributed by atoms with E-state index < -0.39 is 0 Å². The quantitative estimate of drug-likeness (QED) is 0.737. The van der Waals surface area contributed by atoms with Gasteiger partial charge in [0.15, 0.2) is 0 Å². The minimum Gasteiger partial charge on any atom is -0.317 e. The lowest BCUT2D eigenvalue weighted by Crippen LogP contribution is -2.41. The van der Waals surface area contributed by atoms with Crippen molar-refractivity contribution in [1.82, 2.24) is 25.0 Å². The van der Waals surface area contributed by atoms with Gasteiger partial charge in [-0.3, -0.25) is 4.90 Å². The Hall–Kier alpha value is -0.940. The Morgan fingerprint density at radius 2 is 2.25 bits per heavy atom. The molecule has 1 N–H and O–H groups in total. The van der Waals surface area contributed by atoms with E-state index >= 15 is 0 Å². The van der Waals surface area contributed by atoms with Crippen LogP contribution in [0, 0.1) is 0 Å². The zero-order chi connectivity index (χ0) is 10.8. The molecular weight excluding hydrogens is 202 g/mol. The van der Waals surface area contributed by atoms with E-state index in [1.807, 2.05) is 6.33 Å². The van der Waals surface area contributed by atoms with Crippen LogP contribution in [-0.2, 0) is 13.1 Å². The van der Waals surface area contributed by atoms with E-state index in [2.05, 4.69) is 25.0 Å². The summed E-state index contributed by atoms with van der Waals surface area (Å²) in [5.41, 5.74) is 0. The number of nitrogens with one attached hydrogen (secondary N) is 1. The van der Waals surface area contributed by atoms with Crippen molar-refractivity contribution in [3.05, 3.63) is 12.2 Å².